The minimum absolute atomic E-state index is 0.411. The van der Waals surface area contributed by atoms with Gasteiger partial charge in [0.1, 0.15) is 0 Å². The Morgan fingerprint density at radius 3 is 2.57 bits per heavy atom. The second-order valence-corrected chi connectivity index (χ2v) is 8.16. The van der Waals surface area contributed by atoms with Crippen molar-refractivity contribution in [3.8, 4) is 0 Å². The molecule has 0 aliphatic heterocycles. The third-order valence-corrected chi connectivity index (χ3v) is 4.69. The van der Waals surface area contributed by atoms with E-state index in [9.17, 15) is 8.42 Å². The highest BCUT2D eigenvalue weighted by atomic mass is 32.2. The molecule has 1 aromatic carbocycles. The van der Waals surface area contributed by atoms with Gasteiger partial charge in [0.25, 0.3) is 10.2 Å². The molecule has 2 rings (SSSR count). The highest BCUT2D eigenvalue weighted by Gasteiger charge is 2.32. The molecule has 4 N–H and O–H groups in total. The average Bonchev–Trinajstić information content (AvgIpc) is 2.30. The molecule has 1 aliphatic rings. The first-order valence-electron chi connectivity index (χ1n) is 7.32. The summed E-state index contributed by atoms with van der Waals surface area (Å²) in [4.78, 5) is 0. The number of hydrogen-bond donors (Lipinski definition) is 3. The molecule has 2 atom stereocenters. The first-order valence-corrected chi connectivity index (χ1v) is 8.86. The third-order valence-electron chi connectivity index (χ3n) is 4.17. The quantitative estimate of drug-likeness (QED) is 0.799. The van der Waals surface area contributed by atoms with E-state index in [-0.39, 0.29) is 0 Å². The van der Waals surface area contributed by atoms with Gasteiger partial charge in [0, 0.05) is 11.7 Å². The second-order valence-electron chi connectivity index (χ2n) is 6.86. The Hall–Kier alpha value is -1.27. The third kappa shape index (κ3) is 4.89. The van der Waals surface area contributed by atoms with Crippen molar-refractivity contribution >= 4 is 21.6 Å². The lowest BCUT2D eigenvalue weighted by atomic mass is 9.70. The van der Waals surface area contributed by atoms with Crippen LogP contribution in [0, 0.1) is 11.3 Å². The molecule has 21 heavy (non-hydrogen) atoms. The van der Waals surface area contributed by atoms with Crippen LogP contribution in [0.1, 0.15) is 40.0 Å². The van der Waals surface area contributed by atoms with Crippen LogP contribution in [-0.2, 0) is 10.2 Å². The molecule has 1 aliphatic carbocycles. The van der Waals surface area contributed by atoms with Gasteiger partial charge in [-0.05, 0) is 48.8 Å². The molecule has 0 bridgehead atoms. The molecule has 0 radical (unpaired) electrons. The number of benzene rings is 1. The predicted octanol–water partition coefficient (Wildman–Crippen LogP) is 2.93. The molecule has 6 heteroatoms. The number of hydrogen-bond acceptors (Lipinski definition) is 3. The minimum atomic E-state index is -3.73. The summed E-state index contributed by atoms with van der Waals surface area (Å²) < 4.78 is 24.4. The molecule has 2 unspecified atom stereocenters. The topological polar surface area (TPSA) is 84.2 Å². The highest BCUT2D eigenvalue weighted by Crippen LogP contribution is 2.39. The van der Waals surface area contributed by atoms with Gasteiger partial charge in [-0.1, -0.05) is 26.8 Å². The lowest BCUT2D eigenvalue weighted by molar-refractivity contribution is 0.177. The highest BCUT2D eigenvalue weighted by molar-refractivity contribution is 7.90. The fourth-order valence-electron chi connectivity index (χ4n) is 3.21. The number of nitrogens with two attached hydrogens (primary N) is 1. The summed E-state index contributed by atoms with van der Waals surface area (Å²) in [7, 11) is -3.73. The number of rotatable bonds is 4. The molecule has 1 fully saturated rings. The molecule has 0 heterocycles. The van der Waals surface area contributed by atoms with E-state index in [1.807, 2.05) is 12.1 Å². The fraction of sp³-hybridized carbons (Fsp3) is 0.600. The molecule has 1 aromatic rings. The molecule has 0 saturated heterocycles. The van der Waals surface area contributed by atoms with Gasteiger partial charge < -0.3 is 5.32 Å². The molecule has 1 saturated carbocycles. The lowest BCUT2D eigenvalue weighted by Gasteiger charge is -2.40. The van der Waals surface area contributed by atoms with Crippen LogP contribution in [0.3, 0.4) is 0 Å². The van der Waals surface area contributed by atoms with Gasteiger partial charge in [-0.15, -0.1) is 0 Å². The van der Waals surface area contributed by atoms with E-state index >= 15 is 0 Å². The smallest absolute Gasteiger partial charge is 0.296 e. The van der Waals surface area contributed by atoms with Crippen LogP contribution in [0.4, 0.5) is 11.4 Å². The largest absolute Gasteiger partial charge is 0.382 e. The van der Waals surface area contributed by atoms with Crippen LogP contribution in [0.2, 0.25) is 0 Å². The average molecular weight is 311 g/mol. The summed E-state index contributed by atoms with van der Waals surface area (Å²) >= 11 is 0. The van der Waals surface area contributed by atoms with Crippen molar-refractivity contribution in [2.75, 3.05) is 10.0 Å². The molecule has 0 amide bonds. The van der Waals surface area contributed by atoms with E-state index in [0.29, 0.717) is 23.1 Å². The van der Waals surface area contributed by atoms with Gasteiger partial charge in [-0.2, -0.15) is 8.42 Å². The second kappa shape index (κ2) is 5.85. The summed E-state index contributed by atoms with van der Waals surface area (Å²) in [6, 6.07) is 7.64. The summed E-state index contributed by atoms with van der Waals surface area (Å²) in [5.41, 5.74) is 1.81. The van der Waals surface area contributed by atoms with Crippen molar-refractivity contribution in [2.45, 2.75) is 46.1 Å². The Morgan fingerprint density at radius 1 is 1.29 bits per heavy atom. The maximum absolute atomic E-state index is 11.1. The summed E-state index contributed by atoms with van der Waals surface area (Å²) in [6.07, 6.45) is 3.52. The maximum Gasteiger partial charge on any atom is 0.296 e. The molecule has 118 valence electrons. The Kier molecular flexibility index (Phi) is 4.49. The summed E-state index contributed by atoms with van der Waals surface area (Å²) in [5, 5.41) is 8.51. The van der Waals surface area contributed by atoms with Gasteiger partial charge in [0.05, 0.1) is 5.69 Å². The van der Waals surface area contributed by atoms with Crippen LogP contribution < -0.4 is 15.2 Å². The Balaban J connectivity index is 2.05. The normalized spacial score (nSPS) is 25.3. The van der Waals surface area contributed by atoms with E-state index in [1.165, 1.54) is 12.8 Å². The Bertz CT molecular complexity index is 599. The fourth-order valence-corrected chi connectivity index (χ4v) is 3.67. The van der Waals surface area contributed by atoms with Crippen molar-refractivity contribution in [1.29, 1.82) is 0 Å². The zero-order valence-corrected chi connectivity index (χ0v) is 13.7. The summed E-state index contributed by atoms with van der Waals surface area (Å²) in [6.45, 7) is 6.90. The molecule has 5 nitrogen and oxygen atoms in total. The van der Waals surface area contributed by atoms with Crippen LogP contribution in [0.5, 0.6) is 0 Å². The standard InChI is InChI=1S/C15H25N3O2S/c1-11-10-15(2,3)8-7-14(11)17-12-5-4-6-13(9-12)18-21(16,19)20/h4-6,9,11,14,17-18H,7-8,10H2,1-3H3,(H2,16,19,20). The number of anilines is 2. The van der Waals surface area contributed by atoms with Crippen molar-refractivity contribution in [3.63, 3.8) is 0 Å². The van der Waals surface area contributed by atoms with E-state index in [1.54, 1.807) is 12.1 Å². The first kappa shape index (κ1) is 16.1. The lowest BCUT2D eigenvalue weighted by Crippen LogP contribution is -2.36. The van der Waals surface area contributed by atoms with Crippen LogP contribution >= 0.6 is 0 Å². The van der Waals surface area contributed by atoms with E-state index < -0.39 is 10.2 Å². The van der Waals surface area contributed by atoms with Crippen molar-refractivity contribution < 1.29 is 8.42 Å². The Labute approximate surface area is 127 Å². The van der Waals surface area contributed by atoms with Crippen LogP contribution in [0.15, 0.2) is 24.3 Å². The van der Waals surface area contributed by atoms with Gasteiger partial charge in [-0.25, -0.2) is 5.14 Å². The molecular formula is C15H25N3O2S. The molecular weight excluding hydrogens is 286 g/mol. The predicted molar refractivity (Wildman–Crippen MR) is 87.4 cm³/mol. The van der Waals surface area contributed by atoms with E-state index in [0.717, 1.165) is 12.1 Å². The SMILES string of the molecule is CC1CC(C)(C)CCC1Nc1cccc(NS(N)(=O)=O)c1. The minimum Gasteiger partial charge on any atom is -0.382 e. The van der Waals surface area contributed by atoms with Crippen molar-refractivity contribution in [1.82, 2.24) is 0 Å². The monoisotopic (exact) mass is 311 g/mol. The zero-order valence-electron chi connectivity index (χ0n) is 12.9. The first-order chi connectivity index (χ1) is 9.65. The maximum atomic E-state index is 11.1. The van der Waals surface area contributed by atoms with E-state index in [4.69, 9.17) is 5.14 Å². The van der Waals surface area contributed by atoms with Crippen molar-refractivity contribution in [2.24, 2.45) is 16.5 Å². The zero-order chi connectivity index (χ0) is 15.7. The van der Waals surface area contributed by atoms with E-state index in [2.05, 4.69) is 30.8 Å². The van der Waals surface area contributed by atoms with Crippen molar-refractivity contribution in [3.05, 3.63) is 24.3 Å². The van der Waals surface area contributed by atoms with Crippen LogP contribution in [0.25, 0.3) is 0 Å². The summed E-state index contributed by atoms with van der Waals surface area (Å²) in [5.74, 6) is 0.587. The molecule has 0 spiro atoms. The Morgan fingerprint density at radius 2 is 1.95 bits per heavy atom. The number of nitrogens with one attached hydrogen (secondary N) is 2. The van der Waals surface area contributed by atoms with Gasteiger partial charge >= 0.3 is 0 Å². The van der Waals surface area contributed by atoms with Gasteiger partial charge in [0.2, 0.25) is 0 Å². The van der Waals surface area contributed by atoms with Gasteiger partial charge in [0.15, 0.2) is 0 Å². The van der Waals surface area contributed by atoms with Crippen LogP contribution in [-0.4, -0.2) is 14.5 Å². The molecule has 0 aromatic heterocycles. The van der Waals surface area contributed by atoms with Gasteiger partial charge in [-0.3, -0.25) is 4.72 Å².